The maximum absolute atomic E-state index is 14.2. The molecule has 2 amide bonds. The smallest absolute Gasteiger partial charge is 0.242 e. The van der Waals surface area contributed by atoms with E-state index >= 15 is 0 Å². The lowest BCUT2D eigenvalue weighted by atomic mass is 10.1. The van der Waals surface area contributed by atoms with Crippen molar-refractivity contribution in [2.24, 2.45) is 0 Å². The lowest BCUT2D eigenvalue weighted by molar-refractivity contribution is -0.140. The molecule has 0 unspecified atom stereocenters. The van der Waals surface area contributed by atoms with Gasteiger partial charge in [-0.15, -0.1) is 0 Å². The van der Waals surface area contributed by atoms with Gasteiger partial charge in [-0.25, -0.2) is 4.39 Å². The van der Waals surface area contributed by atoms with Crippen molar-refractivity contribution in [2.45, 2.75) is 52.2 Å². The van der Waals surface area contributed by atoms with Crippen molar-refractivity contribution in [2.75, 3.05) is 0 Å². The molecule has 0 aliphatic rings. The summed E-state index contributed by atoms with van der Waals surface area (Å²) in [5.41, 5.74) is 0.809. The van der Waals surface area contributed by atoms with E-state index in [1.807, 2.05) is 13.8 Å². The standard InChI is InChI=1S/C22H25Cl2FN2O2/c1-4-14(2)26-22(29)15(3)27(13-16-8-5-6-11-20(16)25)21(28)12-17-18(23)9-7-10-19(17)24/h5-11,14-15H,4,12-13H2,1-3H3,(H,26,29)/t14-,15+/m1/s1. The molecule has 0 spiro atoms. The van der Waals surface area contributed by atoms with Gasteiger partial charge in [0.2, 0.25) is 11.8 Å². The predicted octanol–water partition coefficient (Wildman–Crippen LogP) is 5.01. The molecular formula is C22H25Cl2FN2O2. The fourth-order valence-electron chi connectivity index (χ4n) is 2.81. The predicted molar refractivity (Wildman–Crippen MR) is 114 cm³/mol. The van der Waals surface area contributed by atoms with E-state index in [1.54, 1.807) is 43.3 Å². The highest BCUT2D eigenvalue weighted by Crippen LogP contribution is 2.26. The van der Waals surface area contributed by atoms with Crippen molar-refractivity contribution >= 4 is 35.0 Å². The van der Waals surface area contributed by atoms with Gasteiger partial charge in [-0.3, -0.25) is 9.59 Å². The fraction of sp³-hybridized carbons (Fsp3) is 0.364. The van der Waals surface area contributed by atoms with Gasteiger partial charge in [-0.1, -0.05) is 54.4 Å². The number of amides is 2. The third-order valence-corrected chi connectivity index (χ3v) is 5.56. The first kappa shape index (κ1) is 23.2. The van der Waals surface area contributed by atoms with Crippen LogP contribution in [0.3, 0.4) is 0 Å². The molecule has 0 aromatic heterocycles. The van der Waals surface area contributed by atoms with Crippen molar-refractivity contribution in [1.82, 2.24) is 10.2 Å². The first-order valence-corrected chi connectivity index (χ1v) is 10.3. The summed E-state index contributed by atoms with van der Waals surface area (Å²) in [4.78, 5) is 27.2. The van der Waals surface area contributed by atoms with Gasteiger partial charge < -0.3 is 10.2 Å². The minimum Gasteiger partial charge on any atom is -0.352 e. The zero-order valence-corrected chi connectivity index (χ0v) is 18.2. The Bertz CT molecular complexity index is 855. The van der Waals surface area contributed by atoms with E-state index in [0.717, 1.165) is 6.42 Å². The topological polar surface area (TPSA) is 49.4 Å². The number of rotatable bonds is 8. The van der Waals surface area contributed by atoms with E-state index in [2.05, 4.69) is 5.32 Å². The van der Waals surface area contributed by atoms with Crippen LogP contribution < -0.4 is 5.32 Å². The Morgan fingerprint density at radius 1 is 1.07 bits per heavy atom. The third kappa shape index (κ3) is 6.18. The first-order valence-electron chi connectivity index (χ1n) is 9.50. The number of benzene rings is 2. The number of nitrogens with one attached hydrogen (secondary N) is 1. The van der Waals surface area contributed by atoms with E-state index in [4.69, 9.17) is 23.2 Å². The van der Waals surface area contributed by atoms with E-state index in [0.29, 0.717) is 21.2 Å². The van der Waals surface area contributed by atoms with Crippen molar-refractivity contribution in [3.8, 4) is 0 Å². The average Bonchev–Trinajstić information content (AvgIpc) is 2.69. The van der Waals surface area contributed by atoms with Crippen LogP contribution in [0.1, 0.15) is 38.3 Å². The monoisotopic (exact) mass is 438 g/mol. The minimum atomic E-state index is -0.794. The Hall–Kier alpha value is -2.11. The summed E-state index contributed by atoms with van der Waals surface area (Å²) in [5.74, 6) is -1.10. The summed E-state index contributed by atoms with van der Waals surface area (Å²) in [6.07, 6.45) is 0.670. The maximum Gasteiger partial charge on any atom is 0.242 e. The average molecular weight is 439 g/mol. The van der Waals surface area contributed by atoms with Crippen molar-refractivity contribution in [3.63, 3.8) is 0 Å². The molecule has 0 radical (unpaired) electrons. The van der Waals surface area contributed by atoms with Crippen molar-refractivity contribution in [1.29, 1.82) is 0 Å². The second-order valence-electron chi connectivity index (χ2n) is 6.98. The molecule has 4 nitrogen and oxygen atoms in total. The zero-order valence-electron chi connectivity index (χ0n) is 16.7. The molecule has 156 valence electrons. The second kappa shape index (κ2) is 10.6. The molecule has 2 rings (SSSR count). The van der Waals surface area contributed by atoms with Crippen LogP contribution in [0.4, 0.5) is 4.39 Å². The second-order valence-corrected chi connectivity index (χ2v) is 7.80. The largest absolute Gasteiger partial charge is 0.352 e. The van der Waals surface area contributed by atoms with Crippen LogP contribution in [0, 0.1) is 5.82 Å². The van der Waals surface area contributed by atoms with Crippen LogP contribution in [0.2, 0.25) is 10.0 Å². The molecule has 0 saturated heterocycles. The third-order valence-electron chi connectivity index (χ3n) is 4.86. The van der Waals surface area contributed by atoms with Gasteiger partial charge in [0.05, 0.1) is 6.42 Å². The highest BCUT2D eigenvalue weighted by atomic mass is 35.5. The number of hydrogen-bond acceptors (Lipinski definition) is 2. The molecule has 0 bridgehead atoms. The van der Waals surface area contributed by atoms with Gasteiger partial charge >= 0.3 is 0 Å². The summed E-state index contributed by atoms with van der Waals surface area (Å²) >= 11 is 12.4. The van der Waals surface area contributed by atoms with Gasteiger partial charge in [0.25, 0.3) is 0 Å². The molecule has 2 atom stereocenters. The van der Waals surface area contributed by atoms with Crippen molar-refractivity contribution in [3.05, 3.63) is 69.5 Å². The summed E-state index contributed by atoms with van der Waals surface area (Å²) in [5, 5.41) is 3.61. The molecule has 2 aromatic rings. The number of nitrogens with zero attached hydrogens (tertiary/aromatic N) is 1. The molecule has 2 aromatic carbocycles. The van der Waals surface area contributed by atoms with Crippen LogP contribution in [0.15, 0.2) is 42.5 Å². The van der Waals surface area contributed by atoms with Gasteiger partial charge in [0.1, 0.15) is 11.9 Å². The molecule has 0 heterocycles. The maximum atomic E-state index is 14.2. The summed E-state index contributed by atoms with van der Waals surface area (Å²) in [6.45, 7) is 5.43. The Balaban J connectivity index is 2.31. The van der Waals surface area contributed by atoms with E-state index in [1.165, 1.54) is 11.0 Å². The van der Waals surface area contributed by atoms with Gasteiger partial charge in [-0.05, 0) is 44.0 Å². The van der Waals surface area contributed by atoms with E-state index in [-0.39, 0.29) is 30.8 Å². The van der Waals surface area contributed by atoms with Crippen LogP contribution in [-0.2, 0) is 22.6 Å². The number of carbonyl (C=O) groups excluding carboxylic acids is 2. The Kier molecular flexibility index (Phi) is 8.47. The zero-order chi connectivity index (χ0) is 21.6. The van der Waals surface area contributed by atoms with Gasteiger partial charge in [0, 0.05) is 28.2 Å². The normalized spacial score (nSPS) is 12.9. The summed E-state index contributed by atoms with van der Waals surface area (Å²) in [6, 6.07) is 10.4. The molecule has 29 heavy (non-hydrogen) atoms. The lowest BCUT2D eigenvalue weighted by Crippen LogP contribution is -2.50. The summed E-state index contributed by atoms with van der Waals surface area (Å²) in [7, 11) is 0. The molecule has 0 aliphatic heterocycles. The van der Waals surface area contributed by atoms with E-state index in [9.17, 15) is 14.0 Å². The molecule has 7 heteroatoms. The molecule has 0 fully saturated rings. The van der Waals surface area contributed by atoms with Crippen LogP contribution in [0.25, 0.3) is 0 Å². The van der Waals surface area contributed by atoms with Gasteiger partial charge in [0.15, 0.2) is 0 Å². The number of halogens is 3. The van der Waals surface area contributed by atoms with Gasteiger partial charge in [-0.2, -0.15) is 0 Å². The Morgan fingerprint density at radius 3 is 2.28 bits per heavy atom. The van der Waals surface area contributed by atoms with E-state index < -0.39 is 11.9 Å². The first-order chi connectivity index (χ1) is 13.7. The molecule has 0 aliphatic carbocycles. The van der Waals surface area contributed by atoms with Crippen LogP contribution >= 0.6 is 23.2 Å². The minimum absolute atomic E-state index is 0.0339. The Labute approximate surface area is 181 Å². The van der Waals surface area contributed by atoms with Crippen molar-refractivity contribution < 1.29 is 14.0 Å². The molecule has 0 saturated carbocycles. The van der Waals surface area contributed by atoms with Crippen LogP contribution in [0.5, 0.6) is 0 Å². The lowest BCUT2D eigenvalue weighted by Gasteiger charge is -2.30. The Morgan fingerprint density at radius 2 is 1.69 bits per heavy atom. The highest BCUT2D eigenvalue weighted by molar-refractivity contribution is 6.36. The highest BCUT2D eigenvalue weighted by Gasteiger charge is 2.28. The van der Waals surface area contributed by atoms with Crippen LogP contribution in [-0.4, -0.2) is 28.8 Å². The number of carbonyl (C=O) groups is 2. The SMILES string of the molecule is CC[C@@H](C)NC(=O)[C@H](C)N(Cc1ccccc1F)C(=O)Cc1c(Cl)cccc1Cl. The molecular weight excluding hydrogens is 414 g/mol. The number of hydrogen-bond donors (Lipinski definition) is 1. The quantitative estimate of drug-likeness (QED) is 0.629. The fourth-order valence-corrected chi connectivity index (χ4v) is 3.34. The summed E-state index contributed by atoms with van der Waals surface area (Å²) < 4.78 is 14.2. The molecule has 1 N–H and O–H groups in total.